The zero-order valence-electron chi connectivity index (χ0n) is 9.81. The first kappa shape index (κ1) is 11.9. The van der Waals surface area contributed by atoms with Crippen molar-refractivity contribution in [1.82, 2.24) is 4.98 Å². The molecular weight excluding hydrogens is 278 g/mol. The second kappa shape index (κ2) is 4.75. The molecular formula is C13H14BrN3. The van der Waals surface area contributed by atoms with Crippen LogP contribution in [0.25, 0.3) is 0 Å². The number of para-hydroxylation sites is 1. The Kier molecular flexibility index (Phi) is 3.33. The van der Waals surface area contributed by atoms with E-state index >= 15 is 0 Å². The number of aromatic nitrogens is 1. The van der Waals surface area contributed by atoms with E-state index in [-0.39, 0.29) is 0 Å². The summed E-state index contributed by atoms with van der Waals surface area (Å²) in [5.41, 5.74) is 8.93. The molecule has 0 unspecified atom stereocenters. The minimum absolute atomic E-state index is 0.658. The molecule has 0 atom stereocenters. The number of nitrogens with zero attached hydrogens (tertiary/aromatic N) is 2. The summed E-state index contributed by atoms with van der Waals surface area (Å²) < 4.78 is 0.886. The topological polar surface area (TPSA) is 42.2 Å². The van der Waals surface area contributed by atoms with Crippen molar-refractivity contribution in [2.75, 3.05) is 17.7 Å². The third-order valence-electron chi connectivity index (χ3n) is 2.66. The van der Waals surface area contributed by atoms with Crippen LogP contribution in [0.2, 0.25) is 0 Å². The molecule has 1 aromatic heterocycles. The van der Waals surface area contributed by atoms with E-state index in [0.717, 1.165) is 16.0 Å². The van der Waals surface area contributed by atoms with Gasteiger partial charge in [-0.2, -0.15) is 0 Å². The number of halogens is 1. The van der Waals surface area contributed by atoms with Crippen LogP contribution < -0.4 is 10.6 Å². The fourth-order valence-electron chi connectivity index (χ4n) is 1.78. The van der Waals surface area contributed by atoms with Crippen LogP contribution in [0.5, 0.6) is 0 Å². The number of anilines is 3. The highest BCUT2D eigenvalue weighted by molar-refractivity contribution is 9.10. The molecule has 17 heavy (non-hydrogen) atoms. The van der Waals surface area contributed by atoms with E-state index in [2.05, 4.69) is 40.0 Å². The number of nitrogens with two attached hydrogens (primary N) is 1. The second-order valence-electron chi connectivity index (χ2n) is 3.91. The molecule has 0 amide bonds. The predicted octanol–water partition coefficient (Wildman–Crippen LogP) is 3.50. The molecule has 0 aliphatic carbocycles. The average Bonchev–Trinajstić information content (AvgIpc) is 2.29. The largest absolute Gasteiger partial charge is 0.396 e. The van der Waals surface area contributed by atoms with E-state index in [0.29, 0.717) is 5.69 Å². The van der Waals surface area contributed by atoms with E-state index in [1.54, 1.807) is 6.20 Å². The summed E-state index contributed by atoms with van der Waals surface area (Å²) in [6.07, 6.45) is 1.75. The lowest BCUT2D eigenvalue weighted by molar-refractivity contribution is 1.11. The van der Waals surface area contributed by atoms with E-state index in [1.807, 2.05) is 30.1 Å². The average molecular weight is 292 g/mol. The molecule has 2 N–H and O–H groups in total. The molecule has 88 valence electrons. The molecule has 0 fully saturated rings. The maximum absolute atomic E-state index is 5.98. The number of hydrogen-bond acceptors (Lipinski definition) is 3. The zero-order chi connectivity index (χ0) is 12.4. The lowest BCUT2D eigenvalue weighted by atomic mass is 10.2. The summed E-state index contributed by atoms with van der Waals surface area (Å²) in [6, 6.07) is 10.0. The van der Waals surface area contributed by atoms with Gasteiger partial charge >= 0.3 is 0 Å². The standard InChI is InChI=1S/C13H14BrN3/c1-9-5-3-4-6-12(9)17(2)13-11(15)7-10(14)8-16-13/h3-8H,15H2,1-2H3. The predicted molar refractivity (Wildman–Crippen MR) is 75.6 cm³/mol. The Morgan fingerprint density at radius 1 is 1.29 bits per heavy atom. The minimum atomic E-state index is 0.658. The van der Waals surface area contributed by atoms with Crippen molar-refractivity contribution < 1.29 is 0 Å². The van der Waals surface area contributed by atoms with Crippen LogP contribution in [0.1, 0.15) is 5.56 Å². The second-order valence-corrected chi connectivity index (χ2v) is 4.83. The van der Waals surface area contributed by atoms with Gasteiger partial charge in [0.2, 0.25) is 0 Å². The van der Waals surface area contributed by atoms with Gasteiger partial charge in [0.15, 0.2) is 5.82 Å². The van der Waals surface area contributed by atoms with Gasteiger partial charge in [-0.1, -0.05) is 18.2 Å². The quantitative estimate of drug-likeness (QED) is 0.921. The molecule has 2 rings (SSSR count). The Morgan fingerprint density at radius 3 is 2.65 bits per heavy atom. The Bertz CT molecular complexity index is 540. The molecule has 0 aliphatic rings. The Hall–Kier alpha value is -1.55. The normalized spacial score (nSPS) is 10.3. The highest BCUT2D eigenvalue weighted by Gasteiger charge is 2.10. The molecule has 1 aromatic carbocycles. The van der Waals surface area contributed by atoms with E-state index in [9.17, 15) is 0 Å². The van der Waals surface area contributed by atoms with Gasteiger partial charge in [-0.25, -0.2) is 4.98 Å². The van der Waals surface area contributed by atoms with Crippen LogP contribution in [-0.2, 0) is 0 Å². The molecule has 0 aliphatic heterocycles. The minimum Gasteiger partial charge on any atom is -0.396 e. The number of benzene rings is 1. The van der Waals surface area contributed by atoms with Crippen LogP contribution in [0, 0.1) is 6.92 Å². The smallest absolute Gasteiger partial charge is 0.156 e. The van der Waals surface area contributed by atoms with Gasteiger partial charge in [0.05, 0.1) is 5.69 Å². The van der Waals surface area contributed by atoms with Crippen molar-refractivity contribution >= 4 is 33.1 Å². The van der Waals surface area contributed by atoms with E-state index in [4.69, 9.17) is 5.73 Å². The molecule has 0 radical (unpaired) electrons. The van der Waals surface area contributed by atoms with Gasteiger partial charge in [0.1, 0.15) is 0 Å². The molecule has 0 bridgehead atoms. The number of rotatable bonds is 2. The van der Waals surface area contributed by atoms with Crippen LogP contribution in [0.4, 0.5) is 17.2 Å². The lowest BCUT2D eigenvalue weighted by Gasteiger charge is -2.21. The molecule has 1 heterocycles. The molecule has 2 aromatic rings. The molecule has 4 heteroatoms. The fraction of sp³-hybridized carbons (Fsp3) is 0.154. The van der Waals surface area contributed by atoms with Crippen molar-refractivity contribution in [2.24, 2.45) is 0 Å². The summed E-state index contributed by atoms with van der Waals surface area (Å²) in [6.45, 7) is 2.07. The van der Waals surface area contributed by atoms with Crippen molar-refractivity contribution in [2.45, 2.75) is 6.92 Å². The molecule has 0 spiro atoms. The number of nitrogen functional groups attached to an aromatic ring is 1. The maximum Gasteiger partial charge on any atom is 0.156 e. The van der Waals surface area contributed by atoms with Crippen molar-refractivity contribution in [3.63, 3.8) is 0 Å². The first-order valence-corrected chi connectivity index (χ1v) is 6.09. The van der Waals surface area contributed by atoms with Gasteiger partial charge in [-0.15, -0.1) is 0 Å². The van der Waals surface area contributed by atoms with Gasteiger partial charge in [0, 0.05) is 23.4 Å². The lowest BCUT2D eigenvalue weighted by Crippen LogP contribution is -2.14. The van der Waals surface area contributed by atoms with Gasteiger partial charge < -0.3 is 10.6 Å². The number of pyridine rings is 1. The highest BCUT2D eigenvalue weighted by Crippen LogP contribution is 2.30. The summed E-state index contributed by atoms with van der Waals surface area (Å²) in [5.74, 6) is 0.766. The molecule has 3 nitrogen and oxygen atoms in total. The van der Waals surface area contributed by atoms with Crippen LogP contribution in [-0.4, -0.2) is 12.0 Å². The van der Waals surface area contributed by atoms with Crippen LogP contribution in [0.15, 0.2) is 41.0 Å². The monoisotopic (exact) mass is 291 g/mol. The third kappa shape index (κ3) is 2.42. The summed E-state index contributed by atoms with van der Waals surface area (Å²) in [7, 11) is 1.97. The Balaban J connectivity index is 2.44. The summed E-state index contributed by atoms with van der Waals surface area (Å²) in [5, 5.41) is 0. The highest BCUT2D eigenvalue weighted by atomic mass is 79.9. The summed E-state index contributed by atoms with van der Waals surface area (Å²) in [4.78, 5) is 6.35. The fourth-order valence-corrected chi connectivity index (χ4v) is 2.13. The molecule has 0 saturated carbocycles. The Labute approximate surface area is 109 Å². The third-order valence-corrected chi connectivity index (χ3v) is 3.09. The van der Waals surface area contributed by atoms with Gasteiger partial charge in [-0.3, -0.25) is 0 Å². The van der Waals surface area contributed by atoms with Crippen molar-refractivity contribution in [3.05, 3.63) is 46.6 Å². The van der Waals surface area contributed by atoms with E-state index in [1.165, 1.54) is 5.56 Å². The van der Waals surface area contributed by atoms with Crippen LogP contribution in [0.3, 0.4) is 0 Å². The number of aryl methyl sites for hydroxylation is 1. The number of hydrogen-bond donors (Lipinski definition) is 1. The maximum atomic E-state index is 5.98. The first-order chi connectivity index (χ1) is 8.09. The SMILES string of the molecule is Cc1ccccc1N(C)c1ncc(Br)cc1N. The van der Waals surface area contributed by atoms with Crippen molar-refractivity contribution in [1.29, 1.82) is 0 Å². The van der Waals surface area contributed by atoms with Crippen LogP contribution >= 0.6 is 15.9 Å². The van der Waals surface area contributed by atoms with E-state index < -0.39 is 0 Å². The first-order valence-electron chi connectivity index (χ1n) is 5.30. The van der Waals surface area contributed by atoms with Crippen molar-refractivity contribution in [3.8, 4) is 0 Å². The zero-order valence-corrected chi connectivity index (χ0v) is 11.4. The summed E-state index contributed by atoms with van der Waals surface area (Å²) >= 11 is 3.36. The Morgan fingerprint density at radius 2 is 2.00 bits per heavy atom. The van der Waals surface area contributed by atoms with Gasteiger partial charge in [-0.05, 0) is 40.5 Å². The molecule has 0 saturated heterocycles. The van der Waals surface area contributed by atoms with Gasteiger partial charge in [0.25, 0.3) is 0 Å².